The van der Waals surface area contributed by atoms with Crippen LogP contribution in [0.4, 0.5) is 5.69 Å². The van der Waals surface area contributed by atoms with E-state index in [9.17, 15) is 43.5 Å². The van der Waals surface area contributed by atoms with E-state index < -0.39 is 72.4 Å². The molecule has 71 heavy (non-hydrogen) atoms. The highest BCUT2D eigenvalue weighted by molar-refractivity contribution is 5.94. The Bertz CT molecular complexity index is 2490. The van der Waals surface area contributed by atoms with Crippen molar-refractivity contribution in [3.05, 3.63) is 82.9 Å². The molecule has 1 aliphatic rings. The van der Waals surface area contributed by atoms with Gasteiger partial charge in [0.1, 0.15) is 36.5 Å². The number of nitrogens with zero attached hydrogens (tertiary/aromatic N) is 5. The number of unbranched alkanes of at least 4 members (excludes halogenated alkanes) is 2. The fourth-order valence-electron chi connectivity index (χ4n) is 8.14. The van der Waals surface area contributed by atoms with Crippen molar-refractivity contribution < 1.29 is 38.7 Å². The number of nitrogens with one attached hydrogen (secondary N) is 7. The first kappa shape index (κ1) is 54.6. The zero-order valence-electron chi connectivity index (χ0n) is 41.0. The molecule has 22 heteroatoms. The minimum absolute atomic E-state index is 0.0177. The molecule has 22 nitrogen and oxygen atoms in total. The lowest BCUT2D eigenvalue weighted by Gasteiger charge is -2.38. The Kier molecular flexibility index (Phi) is 20.9. The Morgan fingerprint density at radius 1 is 0.817 bits per heavy atom. The number of benzene rings is 2. The van der Waals surface area contributed by atoms with Crippen LogP contribution in [0.2, 0.25) is 0 Å². The van der Waals surface area contributed by atoms with Gasteiger partial charge in [0.15, 0.2) is 0 Å². The maximum Gasteiger partial charge on any atom is 0.261 e. The van der Waals surface area contributed by atoms with Crippen molar-refractivity contribution in [1.82, 2.24) is 56.3 Å². The van der Waals surface area contributed by atoms with E-state index in [0.29, 0.717) is 93.7 Å². The largest absolute Gasteiger partial charge is 0.508 e. The summed E-state index contributed by atoms with van der Waals surface area (Å²) in [6.07, 6.45) is 8.47. The van der Waals surface area contributed by atoms with E-state index in [2.05, 4.69) is 46.9 Å². The van der Waals surface area contributed by atoms with Gasteiger partial charge in [-0.25, -0.2) is 9.97 Å². The standard InChI is InChI=1S/C49H69N13O9/c1-5-7-11-41(64)59-44(31(3)6-2)47(69)57-38(10-8-9-18-50)49(71)61-21-19-60(20-22-61)34-14-17-37-36(25-34)48(70)62(30-55-37)28-43(66)53-27-42(65)56-40(24-33-26-52-29-54-33)46(68)58-39(45(67)51-4)23-32-12-15-35(63)16-13-32/h12-17,25-26,29-31,38-40,44,63H,5-11,18-24,27-28,50H2,1-4H3,(H,51,67)(H,52,54)(H,53,66)(H,56,65)(H,57,69)(H,58,68)(H,59,64)/t31-,38-,39-,40-,44-/m0/s1. The molecule has 4 aromatic rings. The third-order valence-electron chi connectivity index (χ3n) is 12.5. The summed E-state index contributed by atoms with van der Waals surface area (Å²) in [5, 5.41) is 26.1. The lowest BCUT2D eigenvalue weighted by Crippen LogP contribution is -2.58. The number of phenolic OH excluding ortho intramolecular Hbond substituents is 1. The second-order valence-corrected chi connectivity index (χ2v) is 17.8. The number of nitrogens with two attached hydrogens (primary N) is 1. The molecule has 0 radical (unpaired) electrons. The van der Waals surface area contributed by atoms with Crippen LogP contribution in [0.5, 0.6) is 5.75 Å². The van der Waals surface area contributed by atoms with Gasteiger partial charge in [-0.05, 0) is 74.0 Å². The van der Waals surface area contributed by atoms with Gasteiger partial charge in [0.05, 0.1) is 30.1 Å². The number of anilines is 1. The van der Waals surface area contributed by atoms with Crippen LogP contribution in [0.3, 0.4) is 0 Å². The molecule has 0 bridgehead atoms. The lowest BCUT2D eigenvalue weighted by molar-refractivity contribution is -0.138. The van der Waals surface area contributed by atoms with Gasteiger partial charge < -0.3 is 57.5 Å². The molecule has 1 aliphatic heterocycles. The molecule has 1 fully saturated rings. The highest BCUT2D eigenvalue weighted by Crippen LogP contribution is 2.22. The fraction of sp³-hybridized carbons (Fsp3) is 0.510. The second-order valence-electron chi connectivity index (χ2n) is 17.8. The Labute approximate surface area is 412 Å². The highest BCUT2D eigenvalue weighted by atomic mass is 16.3. The maximum atomic E-state index is 14.0. The number of carbonyl (C=O) groups excluding carboxylic acids is 7. The monoisotopic (exact) mass is 984 g/mol. The predicted octanol–water partition coefficient (Wildman–Crippen LogP) is 0.126. The summed E-state index contributed by atoms with van der Waals surface area (Å²) in [5.74, 6) is -3.45. The molecule has 0 spiro atoms. The number of rotatable bonds is 26. The van der Waals surface area contributed by atoms with Crippen LogP contribution in [-0.2, 0) is 52.9 Å². The second kappa shape index (κ2) is 27.1. The molecular formula is C49H69N13O9. The van der Waals surface area contributed by atoms with Gasteiger partial charge in [0.25, 0.3) is 5.56 Å². The summed E-state index contributed by atoms with van der Waals surface area (Å²) >= 11 is 0. The molecule has 3 heterocycles. The molecule has 1 saturated heterocycles. The molecule has 7 amide bonds. The Morgan fingerprint density at radius 2 is 1.54 bits per heavy atom. The van der Waals surface area contributed by atoms with E-state index in [1.807, 2.05) is 31.7 Å². The molecule has 10 N–H and O–H groups in total. The number of imidazole rings is 1. The average molecular weight is 984 g/mol. The first-order valence-corrected chi connectivity index (χ1v) is 24.3. The van der Waals surface area contributed by atoms with E-state index in [4.69, 9.17) is 5.73 Å². The van der Waals surface area contributed by atoms with Gasteiger partial charge in [-0.3, -0.25) is 42.9 Å². The minimum atomic E-state index is -1.18. The van der Waals surface area contributed by atoms with Gasteiger partial charge in [-0.1, -0.05) is 45.7 Å². The van der Waals surface area contributed by atoms with Crippen molar-refractivity contribution in [1.29, 1.82) is 0 Å². The Balaban J connectivity index is 1.18. The predicted molar refractivity (Wildman–Crippen MR) is 266 cm³/mol. The molecule has 2 aromatic heterocycles. The van der Waals surface area contributed by atoms with Crippen molar-refractivity contribution in [3.8, 4) is 5.75 Å². The summed E-state index contributed by atoms with van der Waals surface area (Å²) < 4.78 is 1.12. The normalized spacial score (nSPS) is 14.6. The summed E-state index contributed by atoms with van der Waals surface area (Å²) in [6.45, 7) is 6.84. The summed E-state index contributed by atoms with van der Waals surface area (Å²) in [7, 11) is 1.43. The molecule has 5 rings (SSSR count). The average Bonchev–Trinajstić information content (AvgIpc) is 3.90. The van der Waals surface area contributed by atoms with Gasteiger partial charge in [0.2, 0.25) is 41.4 Å². The number of piperazine rings is 1. The Morgan fingerprint density at radius 3 is 2.20 bits per heavy atom. The maximum absolute atomic E-state index is 14.0. The zero-order chi connectivity index (χ0) is 51.5. The van der Waals surface area contributed by atoms with Gasteiger partial charge in [0, 0.05) is 70.1 Å². The number of H-pyrrole nitrogens is 1. The first-order valence-electron chi connectivity index (χ1n) is 24.3. The molecule has 0 unspecified atom stereocenters. The number of fused-ring (bicyclic) bond motifs is 1. The van der Waals surface area contributed by atoms with Crippen molar-refractivity contribution in [2.75, 3.05) is 51.2 Å². The smallest absolute Gasteiger partial charge is 0.261 e. The molecular weight excluding hydrogens is 915 g/mol. The van der Waals surface area contributed by atoms with Crippen LogP contribution < -0.4 is 48.1 Å². The highest BCUT2D eigenvalue weighted by Gasteiger charge is 2.33. The summed E-state index contributed by atoms with van der Waals surface area (Å²) in [4.78, 5) is 122. The topological polar surface area (TPSA) is 308 Å². The molecule has 2 aromatic carbocycles. The first-order chi connectivity index (χ1) is 34.1. The third-order valence-corrected chi connectivity index (χ3v) is 12.5. The molecule has 0 saturated carbocycles. The van der Waals surface area contributed by atoms with Gasteiger partial charge in [-0.15, -0.1) is 0 Å². The Hall–Kier alpha value is -7.36. The number of hydrogen-bond donors (Lipinski definition) is 9. The lowest BCUT2D eigenvalue weighted by atomic mass is 9.97. The van der Waals surface area contributed by atoms with Crippen molar-refractivity contribution in [2.24, 2.45) is 11.7 Å². The van der Waals surface area contributed by atoms with Crippen LogP contribution in [0.15, 0.2) is 66.1 Å². The van der Waals surface area contributed by atoms with Crippen molar-refractivity contribution >= 4 is 57.9 Å². The van der Waals surface area contributed by atoms with E-state index in [0.717, 1.165) is 11.0 Å². The van der Waals surface area contributed by atoms with Gasteiger partial charge in [-0.2, -0.15) is 0 Å². The van der Waals surface area contributed by atoms with Crippen molar-refractivity contribution in [3.63, 3.8) is 0 Å². The van der Waals surface area contributed by atoms with Crippen molar-refractivity contribution in [2.45, 2.75) is 109 Å². The summed E-state index contributed by atoms with van der Waals surface area (Å²) in [5.41, 5.74) is 7.57. The zero-order valence-corrected chi connectivity index (χ0v) is 41.0. The quantitative estimate of drug-likeness (QED) is 0.0379. The minimum Gasteiger partial charge on any atom is -0.508 e. The van der Waals surface area contributed by atoms with Crippen LogP contribution in [-0.4, -0.2) is 141 Å². The number of carbonyl (C=O) groups is 7. The van der Waals surface area contributed by atoms with E-state index in [1.165, 1.54) is 38.0 Å². The SMILES string of the molecule is CCCCC(=O)N[C@H](C(=O)N[C@@H](CCCCN)C(=O)N1CCN(c2ccc3ncn(CC(=O)NCC(=O)N[C@@H](Cc4cnc[nH]4)C(=O)N[C@@H](Cc4ccc(O)cc4)C(=O)NC)c(=O)c3c2)CC1)[C@@H](C)CC. The molecule has 0 aliphatic carbocycles. The number of aromatic nitrogens is 4. The van der Waals surface area contributed by atoms with Crippen LogP contribution in [0.1, 0.15) is 77.0 Å². The number of likely N-dealkylation sites (N-methyl/N-ethyl adjacent to an activating group) is 1. The van der Waals surface area contributed by atoms with E-state index in [1.54, 1.807) is 29.2 Å². The van der Waals surface area contributed by atoms with E-state index in [-0.39, 0.29) is 41.7 Å². The third kappa shape index (κ3) is 16.1. The van der Waals surface area contributed by atoms with Crippen LogP contribution in [0, 0.1) is 5.92 Å². The number of aromatic amines is 1. The van der Waals surface area contributed by atoms with Crippen LogP contribution >= 0.6 is 0 Å². The summed E-state index contributed by atoms with van der Waals surface area (Å²) in [6, 6.07) is 7.61. The van der Waals surface area contributed by atoms with Gasteiger partial charge >= 0.3 is 0 Å². The van der Waals surface area contributed by atoms with Crippen LogP contribution in [0.25, 0.3) is 10.9 Å². The number of amides is 7. The molecule has 384 valence electrons. The fourth-order valence-corrected chi connectivity index (χ4v) is 8.14. The molecule has 5 atom stereocenters. The number of aromatic hydroxyl groups is 1. The number of phenols is 1. The van der Waals surface area contributed by atoms with E-state index >= 15 is 0 Å². The number of hydrogen-bond acceptors (Lipinski definition) is 13.